The van der Waals surface area contributed by atoms with Crippen molar-refractivity contribution in [2.45, 2.75) is 24.7 Å². The molecule has 0 saturated carbocycles. The normalized spacial score (nSPS) is 13.9. The minimum Gasteiger partial charge on any atom is -0.507 e. The number of alkyl halides is 12. The first kappa shape index (κ1) is 25.9. The van der Waals surface area contributed by atoms with Gasteiger partial charge in [-0.15, -0.1) is 0 Å². The Morgan fingerprint density at radius 3 is 1.48 bits per heavy atom. The van der Waals surface area contributed by atoms with Crippen molar-refractivity contribution in [2.75, 3.05) is 0 Å². The lowest BCUT2D eigenvalue weighted by molar-refractivity contribution is -0.150. The minimum atomic E-state index is -5.45. The van der Waals surface area contributed by atoms with Crippen LogP contribution in [0.25, 0.3) is 5.76 Å². The van der Waals surface area contributed by atoms with Crippen LogP contribution in [0, 0.1) is 0 Å². The highest BCUT2D eigenvalue weighted by molar-refractivity contribution is 6.06. The van der Waals surface area contributed by atoms with Gasteiger partial charge in [-0.1, -0.05) is 0 Å². The Kier molecular flexibility index (Phi) is 6.46. The van der Waals surface area contributed by atoms with Gasteiger partial charge in [0.05, 0.1) is 5.56 Å². The third-order valence-electron chi connectivity index (χ3n) is 3.67. The van der Waals surface area contributed by atoms with Gasteiger partial charge in [0.25, 0.3) is 0 Å². The van der Waals surface area contributed by atoms with Crippen LogP contribution in [0.4, 0.5) is 52.7 Å². The fourth-order valence-electron chi connectivity index (χ4n) is 2.22. The van der Waals surface area contributed by atoms with Gasteiger partial charge in [0.2, 0.25) is 5.78 Å². The van der Waals surface area contributed by atoms with Gasteiger partial charge in [-0.3, -0.25) is 4.79 Å². The summed E-state index contributed by atoms with van der Waals surface area (Å²) in [6, 6.07) is -0.797. The maximum atomic E-state index is 12.8. The molecule has 2 rings (SSSR count). The molecule has 0 aliphatic rings. The molecule has 2 aromatic heterocycles. The predicted octanol–water partition coefficient (Wildman–Crippen LogP) is 6.33. The van der Waals surface area contributed by atoms with Crippen molar-refractivity contribution in [3.8, 4) is 0 Å². The molecule has 33 heavy (non-hydrogen) atoms. The van der Waals surface area contributed by atoms with Crippen LogP contribution in [0.1, 0.15) is 38.7 Å². The lowest BCUT2D eigenvalue weighted by atomic mass is 10.1. The molecule has 0 atom stereocenters. The Balaban J connectivity index is 2.62. The molecular formula is C17H6F12N2O2. The van der Waals surface area contributed by atoms with Gasteiger partial charge in [-0.2, -0.15) is 52.7 Å². The molecule has 180 valence electrons. The van der Waals surface area contributed by atoms with Gasteiger partial charge >= 0.3 is 24.7 Å². The molecule has 0 fully saturated rings. The maximum absolute atomic E-state index is 12.8. The van der Waals surface area contributed by atoms with Gasteiger partial charge in [-0.05, 0) is 24.3 Å². The molecule has 1 N–H and O–H groups in total. The quantitative estimate of drug-likeness (QED) is 0.233. The zero-order valence-corrected chi connectivity index (χ0v) is 15.2. The number of carbonyl (C=O) groups is 1. The van der Waals surface area contributed by atoms with E-state index in [1.54, 1.807) is 0 Å². The van der Waals surface area contributed by atoms with Crippen LogP contribution in [0.2, 0.25) is 0 Å². The molecule has 16 heteroatoms. The zero-order chi connectivity index (χ0) is 25.6. The lowest BCUT2D eigenvalue weighted by Gasteiger charge is -2.13. The second-order valence-corrected chi connectivity index (χ2v) is 6.14. The molecule has 0 aromatic carbocycles. The van der Waals surface area contributed by atoms with Crippen LogP contribution in [0.5, 0.6) is 0 Å². The molecule has 0 unspecified atom stereocenters. The number of ketones is 1. The molecule has 4 nitrogen and oxygen atoms in total. The number of aliphatic hydroxyl groups is 1. The van der Waals surface area contributed by atoms with E-state index < -0.39 is 76.2 Å². The van der Waals surface area contributed by atoms with Crippen molar-refractivity contribution in [1.29, 1.82) is 0 Å². The number of rotatable bonds is 3. The summed E-state index contributed by atoms with van der Waals surface area (Å²) in [6.45, 7) is 0. The highest BCUT2D eigenvalue weighted by atomic mass is 19.4. The van der Waals surface area contributed by atoms with Crippen molar-refractivity contribution >= 4 is 11.5 Å². The third-order valence-corrected chi connectivity index (χ3v) is 3.67. The van der Waals surface area contributed by atoms with E-state index in [0.29, 0.717) is 0 Å². The van der Waals surface area contributed by atoms with Crippen molar-refractivity contribution < 1.29 is 62.6 Å². The van der Waals surface area contributed by atoms with Crippen LogP contribution in [-0.2, 0) is 24.7 Å². The molecule has 2 aromatic rings. The number of aliphatic hydroxyl groups excluding tert-OH is 1. The molecule has 0 aliphatic heterocycles. The molecule has 0 saturated heterocycles. The summed E-state index contributed by atoms with van der Waals surface area (Å²) >= 11 is 0. The first-order chi connectivity index (χ1) is 14.7. The second kappa shape index (κ2) is 8.22. The molecule has 0 radical (unpaired) electrons. The predicted molar refractivity (Wildman–Crippen MR) is 83.4 cm³/mol. The second-order valence-electron chi connectivity index (χ2n) is 6.14. The van der Waals surface area contributed by atoms with Crippen molar-refractivity contribution in [2.24, 2.45) is 0 Å². The monoisotopic (exact) mass is 498 g/mol. The van der Waals surface area contributed by atoms with Crippen molar-refractivity contribution in [3.05, 3.63) is 64.2 Å². The van der Waals surface area contributed by atoms with E-state index in [2.05, 4.69) is 9.97 Å². The largest absolute Gasteiger partial charge is 0.507 e. The van der Waals surface area contributed by atoms with Crippen LogP contribution >= 0.6 is 0 Å². The number of nitrogens with zero attached hydrogens (tertiary/aromatic N) is 2. The summed E-state index contributed by atoms with van der Waals surface area (Å²) in [4.78, 5) is 17.1. The number of aromatic nitrogens is 2. The smallest absolute Gasteiger partial charge is 0.433 e. The number of hydrogen-bond donors (Lipinski definition) is 1. The molecule has 0 aliphatic carbocycles. The van der Waals surface area contributed by atoms with Gasteiger partial charge in [-0.25, -0.2) is 9.97 Å². The lowest BCUT2D eigenvalue weighted by Crippen LogP contribution is -2.16. The fraction of sp³-hybridized carbons (Fsp3) is 0.235. The topological polar surface area (TPSA) is 63.1 Å². The first-order valence-electron chi connectivity index (χ1n) is 7.98. The van der Waals surface area contributed by atoms with E-state index in [1.807, 2.05) is 0 Å². The molecular weight excluding hydrogens is 492 g/mol. The maximum Gasteiger partial charge on any atom is 0.433 e. The van der Waals surface area contributed by atoms with Crippen LogP contribution in [0.15, 0.2) is 30.3 Å². The van der Waals surface area contributed by atoms with E-state index >= 15 is 0 Å². The van der Waals surface area contributed by atoms with E-state index in [4.69, 9.17) is 0 Å². The van der Waals surface area contributed by atoms with Crippen LogP contribution in [0.3, 0.4) is 0 Å². The van der Waals surface area contributed by atoms with Crippen molar-refractivity contribution in [1.82, 2.24) is 9.97 Å². The summed E-state index contributed by atoms with van der Waals surface area (Å²) in [7, 11) is 0. The highest BCUT2D eigenvalue weighted by Crippen LogP contribution is 2.36. The summed E-state index contributed by atoms with van der Waals surface area (Å²) in [5, 5.41) is 9.80. The number of carbonyl (C=O) groups excluding carboxylic acids is 1. The molecule has 2 heterocycles. The first-order valence-corrected chi connectivity index (χ1v) is 7.98. The zero-order valence-electron chi connectivity index (χ0n) is 15.2. The Morgan fingerprint density at radius 1 is 0.667 bits per heavy atom. The standard InChI is InChI=1S/C17H6F12N2O2/c18-14(19,20)7-3-8(30-13(4-7)17(27,28)29)10(33)5-9(32)6-1-11(15(21,22)23)31-12(2-6)16(24,25)26/h1-5,32H/b9-5-. The molecule has 0 spiro atoms. The average Bonchev–Trinajstić information content (AvgIpc) is 2.64. The van der Waals surface area contributed by atoms with E-state index in [9.17, 15) is 62.6 Å². The van der Waals surface area contributed by atoms with Gasteiger partial charge in [0.1, 0.15) is 28.5 Å². The Labute approximate surface area is 174 Å². The summed E-state index contributed by atoms with van der Waals surface area (Å²) < 4.78 is 154. The Bertz CT molecular complexity index is 1030. The summed E-state index contributed by atoms with van der Waals surface area (Å²) in [5.41, 5.74) is -11.2. The van der Waals surface area contributed by atoms with E-state index in [-0.39, 0.29) is 24.3 Å². The van der Waals surface area contributed by atoms with Crippen LogP contribution in [-0.4, -0.2) is 20.9 Å². The number of pyridine rings is 2. The summed E-state index contributed by atoms with van der Waals surface area (Å²) in [6.07, 6.45) is -21.9. The minimum absolute atomic E-state index is 0.116. The summed E-state index contributed by atoms with van der Waals surface area (Å²) in [5.74, 6) is -3.51. The average molecular weight is 498 g/mol. The van der Waals surface area contributed by atoms with E-state index in [0.717, 1.165) is 0 Å². The van der Waals surface area contributed by atoms with Gasteiger partial charge in [0.15, 0.2) is 0 Å². The number of hydrogen-bond acceptors (Lipinski definition) is 4. The van der Waals surface area contributed by atoms with Gasteiger partial charge < -0.3 is 5.11 Å². The number of allylic oxidation sites excluding steroid dienone is 1. The van der Waals surface area contributed by atoms with Gasteiger partial charge in [0, 0.05) is 11.6 Å². The highest BCUT2D eigenvalue weighted by Gasteiger charge is 2.40. The molecule has 0 bridgehead atoms. The third kappa shape index (κ3) is 6.35. The van der Waals surface area contributed by atoms with E-state index in [1.165, 1.54) is 0 Å². The number of halogens is 12. The SMILES string of the molecule is O=C(/C=C(\O)c1cc(C(F)(F)F)nc(C(F)(F)F)c1)c1cc(C(F)(F)F)cc(C(F)(F)F)n1. The molecule has 0 amide bonds. The van der Waals surface area contributed by atoms with Crippen molar-refractivity contribution in [3.63, 3.8) is 0 Å². The van der Waals surface area contributed by atoms with Crippen LogP contribution < -0.4 is 0 Å². The fourth-order valence-corrected chi connectivity index (χ4v) is 2.22. The Morgan fingerprint density at radius 2 is 1.09 bits per heavy atom. The Hall–Kier alpha value is -3.33.